The molecule has 2 aliphatic heterocycles. The van der Waals surface area contributed by atoms with E-state index in [4.69, 9.17) is 37.4 Å². The molecule has 0 saturated carbocycles. The predicted molar refractivity (Wildman–Crippen MR) is 160 cm³/mol. The SMILES string of the molecule is COc1ccccc1C(=O)Nc1ccc2c(c1)C(=O)N(C)[C@@H]1CC[C@H](CC(=O)NCc3ccc(Cl)c(Cl)c3)O[C@H]1CO2. The molecular weight excluding hydrogens is 581 g/mol. The number of hydrogen-bond donors (Lipinski definition) is 2. The van der Waals surface area contributed by atoms with Gasteiger partial charge in [-0.15, -0.1) is 0 Å². The summed E-state index contributed by atoms with van der Waals surface area (Å²) in [6.45, 7) is 0.538. The Morgan fingerprint density at radius 3 is 2.64 bits per heavy atom. The van der Waals surface area contributed by atoms with Crippen LogP contribution in [0.2, 0.25) is 10.0 Å². The molecule has 9 nitrogen and oxygen atoms in total. The zero-order valence-electron chi connectivity index (χ0n) is 23.2. The van der Waals surface area contributed by atoms with Crippen LogP contribution in [-0.2, 0) is 16.1 Å². The van der Waals surface area contributed by atoms with E-state index >= 15 is 0 Å². The van der Waals surface area contributed by atoms with Gasteiger partial charge in [0.25, 0.3) is 11.8 Å². The van der Waals surface area contributed by atoms with Crippen LogP contribution in [-0.4, -0.2) is 61.6 Å². The third kappa shape index (κ3) is 6.64. The van der Waals surface area contributed by atoms with Crippen molar-refractivity contribution in [3.05, 3.63) is 87.4 Å². The lowest BCUT2D eigenvalue weighted by Gasteiger charge is -2.42. The van der Waals surface area contributed by atoms with Crippen LogP contribution in [0.5, 0.6) is 11.5 Å². The van der Waals surface area contributed by atoms with E-state index in [0.29, 0.717) is 57.7 Å². The maximum absolute atomic E-state index is 13.6. The number of rotatable bonds is 7. The van der Waals surface area contributed by atoms with Crippen LogP contribution < -0.4 is 20.1 Å². The molecule has 2 aliphatic rings. The lowest BCUT2D eigenvalue weighted by atomic mass is 9.94. The molecule has 2 heterocycles. The molecule has 3 aromatic rings. The lowest BCUT2D eigenvalue weighted by molar-refractivity contribution is -0.134. The van der Waals surface area contributed by atoms with Crippen LogP contribution in [0.3, 0.4) is 0 Å². The average molecular weight is 613 g/mol. The van der Waals surface area contributed by atoms with E-state index in [0.717, 1.165) is 5.56 Å². The van der Waals surface area contributed by atoms with E-state index in [2.05, 4.69) is 10.6 Å². The number of carbonyl (C=O) groups excluding carboxylic acids is 3. The Labute approximate surface area is 254 Å². The number of fused-ring (bicyclic) bond motifs is 2. The van der Waals surface area contributed by atoms with Crippen molar-refractivity contribution in [3.8, 4) is 11.5 Å². The van der Waals surface area contributed by atoms with Gasteiger partial charge in [0, 0.05) is 19.3 Å². The molecule has 3 aromatic carbocycles. The number of hydrogen-bond acceptors (Lipinski definition) is 6. The Morgan fingerprint density at radius 1 is 1.05 bits per heavy atom. The predicted octanol–water partition coefficient (Wildman–Crippen LogP) is 5.34. The number of halogens is 2. The Morgan fingerprint density at radius 2 is 1.86 bits per heavy atom. The van der Waals surface area contributed by atoms with Gasteiger partial charge in [0.1, 0.15) is 24.2 Å². The molecule has 0 bridgehead atoms. The van der Waals surface area contributed by atoms with Crippen molar-refractivity contribution in [1.29, 1.82) is 0 Å². The standard InChI is InChI=1S/C31H31Cl2N3O6/c1-36-25-11-9-20(15-29(37)34-16-18-7-10-23(32)24(33)13-18)42-28(25)17-41-27-12-8-19(14-22(27)31(36)39)35-30(38)21-5-3-4-6-26(21)40-2/h3-8,10,12-14,20,25,28H,9,11,15-17H2,1-2H3,(H,34,37)(H,35,38)/t20-,25-,28+/m1/s1. The second-order valence-electron chi connectivity index (χ2n) is 10.3. The summed E-state index contributed by atoms with van der Waals surface area (Å²) in [7, 11) is 3.24. The summed E-state index contributed by atoms with van der Waals surface area (Å²) < 4.78 is 17.6. The second kappa shape index (κ2) is 13.0. The molecule has 5 rings (SSSR count). The Bertz CT molecular complexity index is 1500. The Balaban J connectivity index is 1.22. The Hall–Kier alpha value is -3.79. The fourth-order valence-corrected chi connectivity index (χ4v) is 5.59. The fraction of sp³-hybridized carbons (Fsp3) is 0.323. The molecule has 2 N–H and O–H groups in total. The van der Waals surface area contributed by atoms with Crippen molar-refractivity contribution >= 4 is 46.6 Å². The molecule has 3 amide bonds. The summed E-state index contributed by atoms with van der Waals surface area (Å²) in [6.07, 6.45) is 0.743. The minimum atomic E-state index is -0.404. The van der Waals surface area contributed by atoms with E-state index in [9.17, 15) is 14.4 Å². The van der Waals surface area contributed by atoms with Gasteiger partial charge in [-0.1, -0.05) is 41.4 Å². The molecule has 0 aliphatic carbocycles. The lowest BCUT2D eigenvalue weighted by Crippen LogP contribution is -2.53. The summed E-state index contributed by atoms with van der Waals surface area (Å²) in [5.41, 5.74) is 2.03. The van der Waals surface area contributed by atoms with Gasteiger partial charge in [-0.25, -0.2) is 0 Å². The van der Waals surface area contributed by atoms with Crippen LogP contribution in [0.25, 0.3) is 0 Å². The van der Waals surface area contributed by atoms with E-state index < -0.39 is 6.10 Å². The second-order valence-corrected chi connectivity index (χ2v) is 11.1. The van der Waals surface area contributed by atoms with Gasteiger partial charge in [0.2, 0.25) is 5.91 Å². The zero-order chi connectivity index (χ0) is 29.8. The van der Waals surface area contributed by atoms with E-state index in [1.807, 2.05) is 6.07 Å². The molecule has 0 aromatic heterocycles. The van der Waals surface area contributed by atoms with Gasteiger partial charge in [0.15, 0.2) is 0 Å². The number of amides is 3. The van der Waals surface area contributed by atoms with Crippen LogP contribution >= 0.6 is 23.2 Å². The molecule has 220 valence electrons. The first-order chi connectivity index (χ1) is 20.2. The number of ether oxygens (including phenoxy) is 3. The highest BCUT2D eigenvalue weighted by Gasteiger charge is 2.39. The summed E-state index contributed by atoms with van der Waals surface area (Å²) in [6, 6.07) is 16.9. The number of para-hydroxylation sites is 1. The highest BCUT2D eigenvalue weighted by Crippen LogP contribution is 2.33. The highest BCUT2D eigenvalue weighted by molar-refractivity contribution is 6.42. The average Bonchev–Trinajstić information content (AvgIpc) is 2.99. The Kier molecular flexibility index (Phi) is 9.21. The maximum atomic E-state index is 13.6. The molecule has 0 spiro atoms. The number of carbonyl (C=O) groups is 3. The van der Waals surface area contributed by atoms with Gasteiger partial charge in [0.05, 0.1) is 46.8 Å². The first kappa shape index (κ1) is 29.7. The number of anilines is 1. The molecule has 0 unspecified atom stereocenters. The van der Waals surface area contributed by atoms with Crippen molar-refractivity contribution in [3.63, 3.8) is 0 Å². The van der Waals surface area contributed by atoms with E-state index in [-0.39, 0.29) is 42.9 Å². The third-order valence-corrected chi connectivity index (χ3v) is 8.25. The first-order valence-electron chi connectivity index (χ1n) is 13.6. The minimum absolute atomic E-state index is 0.145. The first-order valence-corrected chi connectivity index (χ1v) is 14.3. The third-order valence-electron chi connectivity index (χ3n) is 7.51. The number of nitrogens with one attached hydrogen (secondary N) is 2. The van der Waals surface area contributed by atoms with Gasteiger partial charge < -0.3 is 29.7 Å². The summed E-state index contributed by atoms with van der Waals surface area (Å²) in [4.78, 5) is 40.8. The van der Waals surface area contributed by atoms with Crippen LogP contribution in [0.15, 0.2) is 60.7 Å². The topological polar surface area (TPSA) is 106 Å². The molecule has 11 heteroatoms. The molecule has 3 atom stereocenters. The summed E-state index contributed by atoms with van der Waals surface area (Å²) in [5, 5.41) is 6.63. The minimum Gasteiger partial charge on any atom is -0.496 e. The summed E-state index contributed by atoms with van der Waals surface area (Å²) in [5.74, 6) is 0.104. The fourth-order valence-electron chi connectivity index (χ4n) is 5.27. The number of methoxy groups -OCH3 is 1. The smallest absolute Gasteiger partial charge is 0.259 e. The quantitative estimate of drug-likeness (QED) is 0.373. The monoisotopic (exact) mass is 611 g/mol. The van der Waals surface area contributed by atoms with Crippen molar-refractivity contribution in [2.24, 2.45) is 0 Å². The van der Waals surface area contributed by atoms with Gasteiger partial charge in [-0.05, 0) is 60.9 Å². The van der Waals surface area contributed by atoms with E-state index in [1.54, 1.807) is 66.5 Å². The van der Waals surface area contributed by atoms with E-state index in [1.165, 1.54) is 7.11 Å². The molecular formula is C31H31Cl2N3O6. The molecule has 1 fully saturated rings. The van der Waals surface area contributed by atoms with Gasteiger partial charge in [-0.2, -0.15) is 0 Å². The molecule has 1 saturated heterocycles. The number of likely N-dealkylation sites (N-methyl/N-ethyl adjacent to an activating group) is 1. The molecule has 0 radical (unpaired) electrons. The van der Waals surface area contributed by atoms with Gasteiger partial charge >= 0.3 is 0 Å². The normalized spacial score (nSPS) is 19.9. The van der Waals surface area contributed by atoms with Crippen molar-refractivity contribution in [1.82, 2.24) is 10.2 Å². The number of benzene rings is 3. The molecule has 42 heavy (non-hydrogen) atoms. The maximum Gasteiger partial charge on any atom is 0.259 e. The highest BCUT2D eigenvalue weighted by atomic mass is 35.5. The van der Waals surface area contributed by atoms with Crippen LogP contribution in [0.1, 0.15) is 45.5 Å². The van der Waals surface area contributed by atoms with Gasteiger partial charge in [-0.3, -0.25) is 14.4 Å². The van der Waals surface area contributed by atoms with Crippen molar-refractivity contribution in [2.45, 2.75) is 44.1 Å². The van der Waals surface area contributed by atoms with Crippen LogP contribution in [0.4, 0.5) is 5.69 Å². The van der Waals surface area contributed by atoms with Crippen molar-refractivity contribution < 1.29 is 28.6 Å². The van der Waals surface area contributed by atoms with Crippen molar-refractivity contribution in [2.75, 3.05) is 26.1 Å². The largest absolute Gasteiger partial charge is 0.496 e. The number of nitrogens with zero attached hydrogens (tertiary/aromatic N) is 1. The summed E-state index contributed by atoms with van der Waals surface area (Å²) >= 11 is 12.0. The van der Waals surface area contributed by atoms with Crippen LogP contribution in [0, 0.1) is 0 Å². The zero-order valence-corrected chi connectivity index (χ0v) is 24.7.